The van der Waals surface area contributed by atoms with Crippen LogP contribution in [-0.2, 0) is 16.1 Å². The van der Waals surface area contributed by atoms with E-state index < -0.39 is 17.4 Å². The molecule has 2 aromatic heterocycles. The highest BCUT2D eigenvalue weighted by Crippen LogP contribution is 2.37. The number of carbonyl (C=O) groups excluding carboxylic acids is 3. The molecule has 0 saturated heterocycles. The first kappa shape index (κ1) is 19.1. The molecule has 0 fully saturated rings. The first-order valence-corrected chi connectivity index (χ1v) is 9.76. The van der Waals surface area contributed by atoms with Gasteiger partial charge in [-0.3, -0.25) is 14.9 Å². The maximum Gasteiger partial charge on any atom is 0.414 e. The molecule has 1 aliphatic heterocycles. The van der Waals surface area contributed by atoms with Gasteiger partial charge in [0, 0.05) is 12.7 Å². The zero-order chi connectivity index (χ0) is 19.4. The molecule has 0 spiro atoms. The molecule has 142 valence electrons. The minimum atomic E-state index is -0.837. The van der Waals surface area contributed by atoms with Gasteiger partial charge in [-0.05, 0) is 30.0 Å². The monoisotopic (exact) mass is 407 g/mol. The summed E-state index contributed by atoms with van der Waals surface area (Å²) in [5.74, 6) is -0.977. The maximum absolute atomic E-state index is 12.6. The van der Waals surface area contributed by atoms with Crippen LogP contribution in [-0.4, -0.2) is 34.9 Å². The maximum atomic E-state index is 12.6. The average Bonchev–Trinajstić information content (AvgIpc) is 3.27. The largest absolute Gasteiger partial charge is 0.450 e. The quantitative estimate of drug-likeness (QED) is 0.591. The summed E-state index contributed by atoms with van der Waals surface area (Å²) in [5.41, 5.74) is 7.39. The van der Waals surface area contributed by atoms with Crippen LogP contribution in [0.4, 0.5) is 15.5 Å². The fourth-order valence-corrected chi connectivity index (χ4v) is 4.02. The van der Waals surface area contributed by atoms with E-state index in [0.29, 0.717) is 16.6 Å². The molecule has 1 aliphatic rings. The Kier molecular flexibility index (Phi) is 5.94. The van der Waals surface area contributed by atoms with Crippen molar-refractivity contribution in [3.63, 3.8) is 0 Å². The number of thiophene rings is 1. The van der Waals surface area contributed by atoms with Crippen molar-refractivity contribution in [2.24, 2.45) is 5.73 Å². The lowest BCUT2D eigenvalue weighted by atomic mass is 10.2. The number of pyridine rings is 1. The number of rotatable bonds is 5. The topological polar surface area (TPSA) is 135 Å². The molecule has 0 aromatic carbocycles. The van der Waals surface area contributed by atoms with Gasteiger partial charge in [0.15, 0.2) is 5.37 Å². The van der Waals surface area contributed by atoms with Crippen LogP contribution in [0.25, 0.3) is 0 Å². The third-order valence-electron chi connectivity index (χ3n) is 3.54. The molecular formula is C16H17N5O4S2. The normalized spacial score (nSPS) is 14.8. The van der Waals surface area contributed by atoms with Crippen molar-refractivity contribution in [2.75, 3.05) is 17.2 Å². The molecule has 1 atom stereocenters. The molecule has 9 nitrogen and oxygen atoms in total. The number of carbonyl (C=O) groups is 3. The molecule has 1 unspecified atom stereocenters. The van der Waals surface area contributed by atoms with Crippen LogP contribution in [0.1, 0.15) is 22.8 Å². The Balaban J connectivity index is 1.65. The highest BCUT2D eigenvalue weighted by molar-refractivity contribution is 8.01. The second-order valence-electron chi connectivity index (χ2n) is 5.37. The standard InChI is InChI=1S/C16H17N5O4S2/c1-2-25-16(24)21-11(22)9-3-4-26-13(9)20-12(23)15-19-10-5-8(6-17)7-18-14(10)27-15/h3-5,7,15,19H,2,6,17H2,1H3,(H,20,23)(H,21,22,24). The van der Waals surface area contributed by atoms with E-state index in [-0.39, 0.29) is 18.1 Å². The van der Waals surface area contributed by atoms with Gasteiger partial charge < -0.3 is 21.1 Å². The van der Waals surface area contributed by atoms with E-state index in [9.17, 15) is 14.4 Å². The predicted molar refractivity (Wildman–Crippen MR) is 103 cm³/mol. The van der Waals surface area contributed by atoms with Gasteiger partial charge in [0.05, 0.1) is 17.9 Å². The number of nitrogens with one attached hydrogen (secondary N) is 3. The van der Waals surface area contributed by atoms with Crippen molar-refractivity contribution < 1.29 is 19.1 Å². The number of ether oxygens (including phenoxy) is 1. The molecule has 3 rings (SSSR count). The Morgan fingerprint density at radius 1 is 1.41 bits per heavy atom. The van der Waals surface area contributed by atoms with Gasteiger partial charge in [-0.1, -0.05) is 11.8 Å². The van der Waals surface area contributed by atoms with Crippen molar-refractivity contribution in [3.05, 3.63) is 34.8 Å². The fourth-order valence-electron chi connectivity index (χ4n) is 2.30. The predicted octanol–water partition coefficient (Wildman–Crippen LogP) is 1.97. The number of amides is 3. The molecule has 5 N–H and O–H groups in total. The van der Waals surface area contributed by atoms with Gasteiger partial charge in [-0.15, -0.1) is 11.3 Å². The first-order valence-electron chi connectivity index (χ1n) is 8.00. The minimum absolute atomic E-state index is 0.150. The van der Waals surface area contributed by atoms with Crippen LogP contribution in [0.3, 0.4) is 0 Å². The van der Waals surface area contributed by atoms with Crippen LogP contribution in [0.15, 0.2) is 28.7 Å². The van der Waals surface area contributed by atoms with E-state index in [1.54, 1.807) is 18.5 Å². The summed E-state index contributed by atoms with van der Waals surface area (Å²) in [6.07, 6.45) is 0.835. The molecule has 2 aromatic rings. The number of nitrogens with two attached hydrogens (primary N) is 1. The second-order valence-corrected chi connectivity index (χ2v) is 7.38. The van der Waals surface area contributed by atoms with Crippen molar-refractivity contribution in [1.29, 1.82) is 0 Å². The molecule has 27 heavy (non-hydrogen) atoms. The highest BCUT2D eigenvalue weighted by atomic mass is 32.2. The molecule has 0 radical (unpaired) electrons. The van der Waals surface area contributed by atoms with Crippen molar-refractivity contribution in [3.8, 4) is 0 Å². The number of fused-ring (bicyclic) bond motifs is 1. The SMILES string of the molecule is CCOC(=O)NC(=O)c1ccsc1NC(=O)C1Nc2cc(CN)cnc2S1. The van der Waals surface area contributed by atoms with Crippen LogP contribution in [0.5, 0.6) is 0 Å². The number of hydrogen-bond donors (Lipinski definition) is 4. The van der Waals surface area contributed by atoms with E-state index in [0.717, 1.165) is 11.3 Å². The van der Waals surface area contributed by atoms with Crippen LogP contribution >= 0.6 is 23.1 Å². The number of alkyl carbamates (subject to hydrolysis) is 1. The van der Waals surface area contributed by atoms with Gasteiger partial charge in [0.1, 0.15) is 10.0 Å². The van der Waals surface area contributed by atoms with Gasteiger partial charge in [-0.25, -0.2) is 9.78 Å². The molecule has 0 bridgehead atoms. The van der Waals surface area contributed by atoms with E-state index in [4.69, 9.17) is 5.73 Å². The van der Waals surface area contributed by atoms with E-state index in [2.05, 4.69) is 25.7 Å². The second kappa shape index (κ2) is 8.37. The van der Waals surface area contributed by atoms with Crippen LogP contribution in [0, 0.1) is 0 Å². The Hall–Kier alpha value is -2.63. The van der Waals surface area contributed by atoms with Crippen molar-refractivity contribution in [2.45, 2.75) is 23.9 Å². The fraction of sp³-hybridized carbons (Fsp3) is 0.250. The Morgan fingerprint density at radius 2 is 2.22 bits per heavy atom. The number of hydrogen-bond acceptors (Lipinski definition) is 9. The number of imide groups is 1. The van der Waals surface area contributed by atoms with E-state index in [1.165, 1.54) is 29.2 Å². The van der Waals surface area contributed by atoms with E-state index >= 15 is 0 Å². The minimum Gasteiger partial charge on any atom is -0.450 e. The lowest BCUT2D eigenvalue weighted by Crippen LogP contribution is -2.32. The molecule has 0 saturated carbocycles. The number of aromatic nitrogens is 1. The number of thioether (sulfide) groups is 1. The number of nitrogens with zero attached hydrogens (tertiary/aromatic N) is 1. The van der Waals surface area contributed by atoms with Crippen LogP contribution in [0.2, 0.25) is 0 Å². The average molecular weight is 407 g/mol. The first-order chi connectivity index (χ1) is 13.0. The highest BCUT2D eigenvalue weighted by Gasteiger charge is 2.30. The summed E-state index contributed by atoms with van der Waals surface area (Å²) in [7, 11) is 0. The van der Waals surface area contributed by atoms with Crippen molar-refractivity contribution >= 4 is 51.7 Å². The lowest BCUT2D eigenvalue weighted by Gasteiger charge is -2.11. The van der Waals surface area contributed by atoms with Gasteiger partial charge in [-0.2, -0.15) is 0 Å². The summed E-state index contributed by atoms with van der Waals surface area (Å²) < 4.78 is 4.68. The molecular weight excluding hydrogens is 390 g/mol. The summed E-state index contributed by atoms with van der Waals surface area (Å²) in [5, 5.41) is 10.0. The molecule has 11 heteroatoms. The molecule has 0 aliphatic carbocycles. The summed E-state index contributed by atoms with van der Waals surface area (Å²) in [6.45, 7) is 2.14. The number of anilines is 2. The molecule has 3 heterocycles. The Morgan fingerprint density at radius 3 is 2.96 bits per heavy atom. The van der Waals surface area contributed by atoms with Gasteiger partial charge >= 0.3 is 6.09 Å². The van der Waals surface area contributed by atoms with Crippen LogP contribution < -0.4 is 21.7 Å². The zero-order valence-corrected chi connectivity index (χ0v) is 15.9. The summed E-state index contributed by atoms with van der Waals surface area (Å²) in [6, 6.07) is 3.37. The summed E-state index contributed by atoms with van der Waals surface area (Å²) >= 11 is 2.45. The van der Waals surface area contributed by atoms with Gasteiger partial charge in [0.2, 0.25) is 0 Å². The third-order valence-corrected chi connectivity index (χ3v) is 5.48. The zero-order valence-electron chi connectivity index (χ0n) is 14.3. The third kappa shape index (κ3) is 4.38. The van der Waals surface area contributed by atoms with Crippen molar-refractivity contribution in [1.82, 2.24) is 10.3 Å². The van der Waals surface area contributed by atoms with E-state index in [1.807, 2.05) is 6.07 Å². The smallest absolute Gasteiger partial charge is 0.414 e. The molecule has 3 amide bonds. The van der Waals surface area contributed by atoms with Gasteiger partial charge in [0.25, 0.3) is 11.8 Å². The Bertz CT molecular complexity index is 885. The Labute approximate surface area is 163 Å². The lowest BCUT2D eigenvalue weighted by molar-refractivity contribution is -0.115. The summed E-state index contributed by atoms with van der Waals surface area (Å²) in [4.78, 5) is 40.4.